The number of benzene rings is 3. The van der Waals surface area contributed by atoms with Gasteiger partial charge >= 0.3 is 0 Å². The van der Waals surface area contributed by atoms with Gasteiger partial charge in [-0.25, -0.2) is 0 Å². The molecule has 0 unspecified atom stereocenters. The molecule has 0 spiro atoms. The smallest absolute Gasteiger partial charge is 0.212 e. The van der Waals surface area contributed by atoms with Gasteiger partial charge in [0, 0.05) is 10.2 Å². The molecule has 30 heavy (non-hydrogen) atoms. The highest BCUT2D eigenvalue weighted by Crippen LogP contribution is 2.38. The van der Waals surface area contributed by atoms with E-state index in [4.69, 9.17) is 5.10 Å². The minimum Gasteiger partial charge on any atom is -0.373 e. The first-order chi connectivity index (χ1) is 14.7. The van der Waals surface area contributed by atoms with Crippen LogP contribution < -0.4 is 0 Å². The van der Waals surface area contributed by atoms with Crippen LogP contribution in [0, 0.1) is 0 Å². The number of aromatic nitrogens is 3. The molecule has 1 aliphatic heterocycles. The number of hydrogen-bond donors (Lipinski definition) is 1. The molecule has 0 saturated heterocycles. The summed E-state index contributed by atoms with van der Waals surface area (Å²) in [6.45, 7) is 0. The fourth-order valence-corrected chi connectivity index (χ4v) is 4.62. The van der Waals surface area contributed by atoms with Gasteiger partial charge in [0.15, 0.2) is 11.4 Å². The average molecular weight is 477 g/mol. The van der Waals surface area contributed by atoms with Gasteiger partial charge in [-0.1, -0.05) is 100 Å². The molecule has 0 bridgehead atoms. The van der Waals surface area contributed by atoms with Gasteiger partial charge < -0.3 is 5.11 Å². The Labute approximate surface area is 186 Å². The van der Waals surface area contributed by atoms with Crippen molar-refractivity contribution in [3.8, 4) is 0 Å². The molecule has 0 saturated carbocycles. The molecule has 5 rings (SSSR count). The topological polar surface area (TPSA) is 63.3 Å². The summed E-state index contributed by atoms with van der Waals surface area (Å²) in [6.07, 6.45) is 0. The molecule has 0 fully saturated rings. The van der Waals surface area contributed by atoms with E-state index in [1.807, 2.05) is 84.9 Å². The predicted octanol–water partition coefficient (Wildman–Crippen LogP) is 4.68. The Morgan fingerprint density at radius 1 is 0.833 bits per heavy atom. The van der Waals surface area contributed by atoms with E-state index in [0.717, 1.165) is 15.7 Å². The van der Waals surface area contributed by atoms with Crippen molar-refractivity contribution in [3.05, 3.63) is 112 Å². The van der Waals surface area contributed by atoms with E-state index in [0.29, 0.717) is 27.9 Å². The Kier molecular flexibility index (Phi) is 5.02. The molecule has 1 aromatic heterocycles. The normalized spacial score (nSPS) is 13.6. The van der Waals surface area contributed by atoms with Crippen molar-refractivity contribution in [2.75, 3.05) is 5.75 Å². The van der Waals surface area contributed by atoms with Crippen LogP contribution in [0.4, 0.5) is 0 Å². The van der Waals surface area contributed by atoms with Crippen LogP contribution in [0.5, 0.6) is 0 Å². The molecule has 7 heteroatoms. The lowest BCUT2D eigenvalue weighted by Gasteiger charge is -2.28. The van der Waals surface area contributed by atoms with E-state index in [1.165, 1.54) is 0 Å². The molecule has 3 aromatic carbocycles. The maximum Gasteiger partial charge on any atom is 0.212 e. The maximum atomic E-state index is 12.1. The Morgan fingerprint density at radius 3 is 2.03 bits per heavy atom. The summed E-state index contributed by atoms with van der Waals surface area (Å²) < 4.78 is 2.69. The first-order valence-corrected chi connectivity index (χ1v) is 11.2. The highest BCUT2D eigenvalue weighted by molar-refractivity contribution is 9.10. The summed E-state index contributed by atoms with van der Waals surface area (Å²) in [6, 6.07) is 27.1. The summed E-state index contributed by atoms with van der Waals surface area (Å²) in [7, 11) is 0. The Hall–Kier alpha value is -2.74. The largest absolute Gasteiger partial charge is 0.373 e. The van der Waals surface area contributed by atoms with Gasteiger partial charge in [-0.2, -0.15) is 9.78 Å². The molecule has 1 N–H and O–H groups in total. The summed E-state index contributed by atoms with van der Waals surface area (Å²) in [5.41, 5.74) is 1.87. The Balaban J connectivity index is 1.69. The van der Waals surface area contributed by atoms with E-state index in [9.17, 15) is 5.11 Å². The van der Waals surface area contributed by atoms with Crippen LogP contribution in [0.1, 0.15) is 22.5 Å². The van der Waals surface area contributed by atoms with Gasteiger partial charge in [0.1, 0.15) is 0 Å². The maximum absolute atomic E-state index is 12.1. The quantitative estimate of drug-likeness (QED) is 0.464. The second kappa shape index (κ2) is 7.83. The van der Waals surface area contributed by atoms with E-state index >= 15 is 0 Å². The third-order valence-electron chi connectivity index (χ3n) is 5.05. The molecule has 0 radical (unpaired) electrons. The summed E-state index contributed by atoms with van der Waals surface area (Å²) in [5.74, 6) is 1.06. The van der Waals surface area contributed by atoms with Crippen LogP contribution in [0.25, 0.3) is 0 Å². The van der Waals surface area contributed by atoms with Gasteiger partial charge in [0.05, 0.1) is 5.71 Å². The first-order valence-electron chi connectivity index (χ1n) is 9.42. The van der Waals surface area contributed by atoms with Gasteiger partial charge in [-0.15, -0.1) is 10.2 Å². The van der Waals surface area contributed by atoms with E-state index < -0.39 is 5.60 Å². The third-order valence-corrected chi connectivity index (χ3v) is 6.51. The Morgan fingerprint density at radius 2 is 1.43 bits per heavy atom. The molecule has 148 valence electrons. The number of rotatable bonds is 4. The standard InChI is InChI=1S/C23H17BrN4OS/c24-19-13-11-16(12-14-19)20-15-30-22-26-25-21(28(22)27-20)23(29,17-7-3-1-4-8-17)18-9-5-2-6-10-18/h1-14,29H,15H2. The van der Waals surface area contributed by atoms with Crippen LogP contribution >= 0.6 is 27.7 Å². The highest BCUT2D eigenvalue weighted by atomic mass is 79.9. The molecule has 0 amide bonds. The number of nitrogens with zero attached hydrogens (tertiary/aromatic N) is 4. The van der Waals surface area contributed by atoms with Crippen molar-refractivity contribution in [3.63, 3.8) is 0 Å². The second-order valence-electron chi connectivity index (χ2n) is 6.90. The van der Waals surface area contributed by atoms with Gasteiger partial charge in [-0.3, -0.25) is 0 Å². The third kappa shape index (κ3) is 3.29. The Bertz CT molecular complexity index is 1170. The van der Waals surface area contributed by atoms with E-state index in [2.05, 4.69) is 26.1 Å². The monoisotopic (exact) mass is 476 g/mol. The van der Waals surface area contributed by atoms with Crippen molar-refractivity contribution in [1.82, 2.24) is 14.9 Å². The summed E-state index contributed by atoms with van der Waals surface area (Å²) in [4.78, 5) is 0. The zero-order valence-corrected chi connectivity index (χ0v) is 18.2. The summed E-state index contributed by atoms with van der Waals surface area (Å²) >= 11 is 5.03. The van der Waals surface area contributed by atoms with Crippen LogP contribution in [0.15, 0.2) is 99.7 Å². The average Bonchev–Trinajstić information content (AvgIpc) is 3.24. The van der Waals surface area contributed by atoms with Gasteiger partial charge in [0.25, 0.3) is 0 Å². The number of aliphatic hydroxyl groups is 1. The van der Waals surface area contributed by atoms with Crippen LogP contribution in [0.3, 0.4) is 0 Å². The van der Waals surface area contributed by atoms with E-state index in [1.54, 1.807) is 16.4 Å². The second-order valence-corrected chi connectivity index (χ2v) is 8.76. The molecule has 4 aromatic rings. The lowest BCUT2D eigenvalue weighted by Crippen LogP contribution is -2.33. The lowest BCUT2D eigenvalue weighted by atomic mass is 9.85. The summed E-state index contributed by atoms with van der Waals surface area (Å²) in [5, 5.41) is 26.3. The molecule has 0 atom stereocenters. The molecular formula is C23H17BrN4OS. The predicted molar refractivity (Wildman–Crippen MR) is 122 cm³/mol. The zero-order valence-electron chi connectivity index (χ0n) is 15.8. The number of hydrogen-bond acceptors (Lipinski definition) is 5. The van der Waals surface area contributed by atoms with Gasteiger partial charge in [0.2, 0.25) is 5.16 Å². The highest BCUT2D eigenvalue weighted by Gasteiger charge is 2.40. The van der Waals surface area contributed by atoms with Crippen molar-refractivity contribution in [2.24, 2.45) is 5.10 Å². The van der Waals surface area contributed by atoms with Crippen LogP contribution in [0.2, 0.25) is 0 Å². The zero-order chi connectivity index (χ0) is 20.6. The number of halogens is 1. The fraction of sp³-hybridized carbons (Fsp3) is 0.0870. The van der Waals surface area contributed by atoms with Crippen LogP contribution in [-0.4, -0.2) is 31.4 Å². The SMILES string of the molecule is OC(c1ccccc1)(c1ccccc1)c1nnc2n1N=C(c1ccc(Br)cc1)CS2. The lowest BCUT2D eigenvalue weighted by molar-refractivity contribution is 0.111. The van der Waals surface area contributed by atoms with Crippen molar-refractivity contribution in [1.29, 1.82) is 0 Å². The number of fused-ring (bicyclic) bond motifs is 1. The molecular weight excluding hydrogens is 460 g/mol. The van der Waals surface area contributed by atoms with Gasteiger partial charge in [-0.05, 0) is 28.8 Å². The van der Waals surface area contributed by atoms with Crippen molar-refractivity contribution in [2.45, 2.75) is 10.8 Å². The molecule has 1 aliphatic rings. The fourth-order valence-electron chi connectivity index (χ4n) is 3.52. The minimum absolute atomic E-state index is 0.372. The van der Waals surface area contributed by atoms with Crippen molar-refractivity contribution < 1.29 is 5.11 Å². The van der Waals surface area contributed by atoms with Crippen molar-refractivity contribution >= 4 is 33.4 Å². The first kappa shape index (κ1) is 19.2. The van der Waals surface area contributed by atoms with E-state index in [-0.39, 0.29) is 0 Å². The van der Waals surface area contributed by atoms with Crippen LogP contribution in [-0.2, 0) is 5.60 Å². The minimum atomic E-state index is -1.49. The molecule has 2 heterocycles. The molecule has 5 nitrogen and oxygen atoms in total. The molecule has 0 aliphatic carbocycles. The number of thioether (sulfide) groups is 1.